The van der Waals surface area contributed by atoms with Gasteiger partial charge in [-0.3, -0.25) is 4.79 Å². The van der Waals surface area contributed by atoms with Crippen LogP contribution in [-0.4, -0.2) is 22.2 Å². The van der Waals surface area contributed by atoms with E-state index in [-0.39, 0.29) is 5.91 Å². The molecule has 4 aliphatic carbocycles. The van der Waals surface area contributed by atoms with Crippen molar-refractivity contribution < 1.29 is 4.79 Å². The fraction of sp³-hybridized carbons (Fsp3) is 0.467. The zero-order valence-electron chi connectivity index (χ0n) is 21.0. The minimum absolute atomic E-state index is 0.158. The Morgan fingerprint density at radius 2 is 1.68 bits per heavy atom. The molecule has 1 aromatic heterocycles. The summed E-state index contributed by atoms with van der Waals surface area (Å²) in [4.78, 5) is 13.3. The van der Waals surface area contributed by atoms with Crippen LogP contribution in [-0.2, 0) is 0 Å². The number of benzene rings is 2. The second-order valence-corrected chi connectivity index (χ2v) is 12.6. The lowest BCUT2D eigenvalue weighted by Gasteiger charge is -2.54. The SMILES string of the molecule is Cc1c(C(=O)NCCCC2C3CC4CC(C3)CC2C4)nn(-c2ccc(Cl)cc2Cl)c1-c1cccc(Cl)c1. The molecule has 0 spiro atoms. The van der Waals surface area contributed by atoms with E-state index in [4.69, 9.17) is 39.9 Å². The molecule has 4 fully saturated rings. The molecule has 37 heavy (non-hydrogen) atoms. The molecule has 1 N–H and O–H groups in total. The van der Waals surface area contributed by atoms with Crippen molar-refractivity contribution in [1.82, 2.24) is 15.1 Å². The topological polar surface area (TPSA) is 46.9 Å². The maximum Gasteiger partial charge on any atom is 0.272 e. The van der Waals surface area contributed by atoms with E-state index >= 15 is 0 Å². The highest BCUT2D eigenvalue weighted by Gasteiger charge is 2.47. The van der Waals surface area contributed by atoms with Crippen molar-refractivity contribution in [2.45, 2.75) is 51.9 Å². The number of aromatic nitrogens is 2. The summed E-state index contributed by atoms with van der Waals surface area (Å²) in [5.74, 6) is 4.55. The Morgan fingerprint density at radius 1 is 0.973 bits per heavy atom. The van der Waals surface area contributed by atoms with Crippen molar-refractivity contribution in [3.8, 4) is 16.9 Å². The predicted molar refractivity (Wildman–Crippen MR) is 151 cm³/mol. The Kier molecular flexibility index (Phi) is 7.02. The molecule has 0 saturated heterocycles. The number of carbonyl (C=O) groups is 1. The lowest BCUT2D eigenvalue weighted by molar-refractivity contribution is -0.0401. The second-order valence-electron chi connectivity index (χ2n) is 11.3. The van der Waals surface area contributed by atoms with E-state index in [1.54, 1.807) is 16.8 Å². The highest BCUT2D eigenvalue weighted by Crippen LogP contribution is 2.57. The molecule has 4 nitrogen and oxygen atoms in total. The molecule has 0 unspecified atom stereocenters. The summed E-state index contributed by atoms with van der Waals surface area (Å²) >= 11 is 19.0. The van der Waals surface area contributed by atoms with Gasteiger partial charge in [0.15, 0.2) is 5.69 Å². The van der Waals surface area contributed by atoms with Crippen LogP contribution in [0, 0.1) is 36.5 Å². The molecule has 3 aromatic rings. The van der Waals surface area contributed by atoms with Gasteiger partial charge in [-0.1, -0.05) is 46.9 Å². The molecule has 7 heteroatoms. The van der Waals surface area contributed by atoms with Gasteiger partial charge in [0.2, 0.25) is 0 Å². The zero-order valence-corrected chi connectivity index (χ0v) is 23.3. The highest BCUT2D eigenvalue weighted by molar-refractivity contribution is 6.35. The van der Waals surface area contributed by atoms with Gasteiger partial charge >= 0.3 is 0 Å². The minimum Gasteiger partial charge on any atom is -0.351 e. The van der Waals surface area contributed by atoms with Crippen molar-refractivity contribution in [3.05, 3.63) is 68.8 Å². The number of hydrogen-bond donors (Lipinski definition) is 1. The van der Waals surface area contributed by atoms with Crippen molar-refractivity contribution in [2.75, 3.05) is 6.54 Å². The average molecular weight is 557 g/mol. The molecule has 1 heterocycles. The molecule has 2 aromatic carbocycles. The molecule has 194 valence electrons. The number of carbonyl (C=O) groups excluding carboxylic acids is 1. The number of amides is 1. The van der Waals surface area contributed by atoms with E-state index in [2.05, 4.69) is 5.32 Å². The second kappa shape index (κ2) is 10.3. The molecule has 7 rings (SSSR count). The van der Waals surface area contributed by atoms with Crippen molar-refractivity contribution in [3.63, 3.8) is 0 Å². The fourth-order valence-corrected chi connectivity index (χ4v) is 8.33. The van der Waals surface area contributed by atoms with E-state index in [0.29, 0.717) is 33.0 Å². The van der Waals surface area contributed by atoms with Crippen LogP contribution >= 0.6 is 34.8 Å². The molecule has 4 aliphatic rings. The summed E-state index contributed by atoms with van der Waals surface area (Å²) in [5.41, 5.74) is 3.49. The van der Waals surface area contributed by atoms with E-state index < -0.39 is 0 Å². The van der Waals surface area contributed by atoms with Crippen LogP contribution in [0.1, 0.15) is 61.0 Å². The Hall–Kier alpha value is -2.01. The van der Waals surface area contributed by atoms with Gasteiger partial charge in [0.25, 0.3) is 5.91 Å². The number of halogens is 3. The van der Waals surface area contributed by atoms with Crippen LogP contribution in [0.5, 0.6) is 0 Å². The number of nitrogens with zero attached hydrogens (tertiary/aromatic N) is 2. The first-order valence-electron chi connectivity index (χ1n) is 13.5. The van der Waals surface area contributed by atoms with Gasteiger partial charge in [-0.05, 0) is 112 Å². The van der Waals surface area contributed by atoms with Gasteiger partial charge < -0.3 is 5.32 Å². The van der Waals surface area contributed by atoms with Gasteiger partial charge in [-0.2, -0.15) is 5.10 Å². The molecule has 1 amide bonds. The van der Waals surface area contributed by atoms with Crippen LogP contribution in [0.3, 0.4) is 0 Å². The third-order valence-electron chi connectivity index (χ3n) is 9.00. The Labute approximate surface area is 233 Å². The highest BCUT2D eigenvalue weighted by atomic mass is 35.5. The van der Waals surface area contributed by atoms with Gasteiger partial charge in [-0.25, -0.2) is 4.68 Å². The summed E-state index contributed by atoms with van der Waals surface area (Å²) in [5, 5.41) is 9.50. The fourth-order valence-electron chi connectivity index (χ4n) is 7.65. The molecular formula is C30H32Cl3N3O. The molecular weight excluding hydrogens is 525 g/mol. The van der Waals surface area contributed by atoms with Crippen LogP contribution in [0.15, 0.2) is 42.5 Å². The van der Waals surface area contributed by atoms with Gasteiger partial charge in [0, 0.05) is 27.7 Å². The van der Waals surface area contributed by atoms with Crippen molar-refractivity contribution >= 4 is 40.7 Å². The maximum atomic E-state index is 13.3. The summed E-state index contributed by atoms with van der Waals surface area (Å²) in [6.07, 6.45) is 9.50. The predicted octanol–water partition coefficient (Wildman–Crippen LogP) is 8.39. The summed E-state index contributed by atoms with van der Waals surface area (Å²) in [6.45, 7) is 2.59. The molecule has 0 aliphatic heterocycles. The zero-order chi connectivity index (χ0) is 25.7. The molecule has 0 atom stereocenters. The van der Waals surface area contributed by atoms with Crippen LogP contribution < -0.4 is 5.32 Å². The smallest absolute Gasteiger partial charge is 0.272 e. The Morgan fingerprint density at radius 3 is 2.35 bits per heavy atom. The van der Waals surface area contributed by atoms with Crippen LogP contribution in [0.4, 0.5) is 0 Å². The van der Waals surface area contributed by atoms with Gasteiger partial charge in [0.1, 0.15) is 0 Å². The van der Waals surface area contributed by atoms with Crippen LogP contribution in [0.2, 0.25) is 15.1 Å². The number of rotatable bonds is 7. The lowest BCUT2D eigenvalue weighted by atomic mass is 9.51. The third kappa shape index (κ3) is 4.93. The van der Waals surface area contributed by atoms with Crippen molar-refractivity contribution in [1.29, 1.82) is 0 Å². The van der Waals surface area contributed by atoms with E-state index in [9.17, 15) is 4.79 Å². The van der Waals surface area contributed by atoms with Gasteiger partial charge in [-0.15, -0.1) is 0 Å². The first-order chi connectivity index (χ1) is 17.9. The average Bonchev–Trinajstić information content (AvgIpc) is 3.19. The first-order valence-corrected chi connectivity index (χ1v) is 14.6. The third-order valence-corrected chi connectivity index (χ3v) is 9.77. The maximum absolute atomic E-state index is 13.3. The van der Waals surface area contributed by atoms with E-state index in [1.165, 1.54) is 38.5 Å². The normalized spacial score (nSPS) is 26.0. The summed E-state index contributed by atoms with van der Waals surface area (Å²) in [6, 6.07) is 12.8. The van der Waals surface area contributed by atoms with E-state index in [0.717, 1.165) is 52.8 Å². The van der Waals surface area contributed by atoms with Crippen molar-refractivity contribution in [2.24, 2.45) is 29.6 Å². The quantitative estimate of drug-likeness (QED) is 0.297. The Bertz CT molecular complexity index is 1310. The largest absolute Gasteiger partial charge is 0.351 e. The standard InChI is InChI=1S/C30H32Cl3N3O/c1-17-28(30(37)34-9-3-6-25-21-11-18-10-19(13-21)14-22(25)12-18)35-36(27-8-7-24(32)16-26(27)33)29(17)20-4-2-5-23(31)15-20/h2,4-5,7-8,15-16,18-19,21-22,25H,3,6,9-14H2,1H3,(H,34,37). The molecule has 0 radical (unpaired) electrons. The number of hydrogen-bond acceptors (Lipinski definition) is 2. The first kappa shape index (κ1) is 25.3. The lowest BCUT2D eigenvalue weighted by Crippen LogP contribution is -2.45. The Balaban J connectivity index is 1.20. The molecule has 4 bridgehead atoms. The van der Waals surface area contributed by atoms with Crippen LogP contribution in [0.25, 0.3) is 16.9 Å². The molecule has 4 saturated carbocycles. The minimum atomic E-state index is -0.158. The summed E-state index contributed by atoms with van der Waals surface area (Å²) < 4.78 is 1.73. The van der Waals surface area contributed by atoms with Gasteiger partial charge in [0.05, 0.1) is 16.4 Å². The summed E-state index contributed by atoms with van der Waals surface area (Å²) in [7, 11) is 0. The van der Waals surface area contributed by atoms with E-state index in [1.807, 2.05) is 37.3 Å². The number of nitrogens with one attached hydrogen (secondary N) is 1. The monoisotopic (exact) mass is 555 g/mol.